The van der Waals surface area contributed by atoms with E-state index in [9.17, 15) is 0 Å². The van der Waals surface area contributed by atoms with Crippen LogP contribution in [0.5, 0.6) is 0 Å². The number of likely N-dealkylation sites (N-methyl/N-ethyl adjacent to an activating group) is 1. The Kier molecular flexibility index (Phi) is 5.11. The van der Waals surface area contributed by atoms with Gasteiger partial charge in [0.05, 0.1) is 6.10 Å². The lowest BCUT2D eigenvalue weighted by atomic mass is 9.80. The molecule has 2 aliphatic rings. The summed E-state index contributed by atoms with van der Waals surface area (Å²) in [5.41, 5.74) is 0. The Morgan fingerprint density at radius 1 is 1.06 bits per heavy atom. The predicted molar refractivity (Wildman–Crippen MR) is 67.6 cm³/mol. The van der Waals surface area contributed by atoms with Crippen LogP contribution in [0.15, 0.2) is 0 Å². The van der Waals surface area contributed by atoms with E-state index in [0.29, 0.717) is 12.1 Å². The van der Waals surface area contributed by atoms with E-state index in [4.69, 9.17) is 4.74 Å². The molecule has 94 valence electrons. The van der Waals surface area contributed by atoms with Gasteiger partial charge < -0.3 is 10.1 Å². The molecule has 16 heavy (non-hydrogen) atoms. The number of nitrogens with one attached hydrogen (secondary N) is 1. The van der Waals surface area contributed by atoms with Crippen LogP contribution in [-0.2, 0) is 4.74 Å². The molecular weight excluding hydrogens is 198 g/mol. The lowest BCUT2D eigenvalue weighted by Crippen LogP contribution is -2.48. The van der Waals surface area contributed by atoms with E-state index in [0.717, 1.165) is 19.1 Å². The van der Waals surface area contributed by atoms with Crippen molar-refractivity contribution in [1.82, 2.24) is 5.32 Å². The summed E-state index contributed by atoms with van der Waals surface area (Å²) in [7, 11) is 0. The molecule has 0 bridgehead atoms. The van der Waals surface area contributed by atoms with Gasteiger partial charge in [-0.2, -0.15) is 0 Å². The fourth-order valence-electron chi connectivity index (χ4n) is 3.38. The summed E-state index contributed by atoms with van der Waals surface area (Å²) in [4.78, 5) is 0. The molecule has 0 aromatic carbocycles. The van der Waals surface area contributed by atoms with E-state index in [1.165, 1.54) is 51.4 Å². The first-order chi connectivity index (χ1) is 7.92. The molecule has 1 heterocycles. The summed E-state index contributed by atoms with van der Waals surface area (Å²) in [5.74, 6) is 0.872. The Labute approximate surface area is 100 Å². The maximum Gasteiger partial charge on any atom is 0.0730 e. The lowest BCUT2D eigenvalue weighted by Gasteiger charge is -2.38. The van der Waals surface area contributed by atoms with E-state index in [2.05, 4.69) is 12.2 Å². The molecule has 1 saturated carbocycles. The summed E-state index contributed by atoms with van der Waals surface area (Å²) in [6.07, 6.45) is 11.5. The molecule has 2 atom stereocenters. The van der Waals surface area contributed by atoms with Gasteiger partial charge in [0.1, 0.15) is 0 Å². The van der Waals surface area contributed by atoms with Gasteiger partial charge in [0.15, 0.2) is 0 Å². The summed E-state index contributed by atoms with van der Waals surface area (Å²) in [5, 5.41) is 3.70. The zero-order valence-corrected chi connectivity index (χ0v) is 10.7. The molecule has 1 N–H and O–H groups in total. The fraction of sp³-hybridized carbons (Fsp3) is 1.00. The van der Waals surface area contributed by atoms with Crippen LogP contribution in [0.1, 0.15) is 58.3 Å². The van der Waals surface area contributed by atoms with Crippen LogP contribution in [0.25, 0.3) is 0 Å². The second-order valence-electron chi connectivity index (χ2n) is 5.39. The third-order valence-electron chi connectivity index (χ3n) is 4.21. The molecule has 2 fully saturated rings. The minimum atomic E-state index is 0.497. The highest BCUT2D eigenvalue weighted by atomic mass is 16.5. The van der Waals surface area contributed by atoms with Crippen LogP contribution < -0.4 is 5.32 Å². The molecule has 1 aliphatic heterocycles. The molecule has 0 radical (unpaired) electrons. The Morgan fingerprint density at radius 2 is 1.81 bits per heavy atom. The minimum absolute atomic E-state index is 0.497. The topological polar surface area (TPSA) is 21.3 Å². The molecule has 0 spiro atoms. The summed E-state index contributed by atoms with van der Waals surface area (Å²) in [6.45, 7) is 4.29. The van der Waals surface area contributed by atoms with Crippen LogP contribution >= 0.6 is 0 Å². The molecule has 2 nitrogen and oxygen atoms in total. The fourth-order valence-corrected chi connectivity index (χ4v) is 3.38. The van der Waals surface area contributed by atoms with Crippen molar-refractivity contribution in [2.45, 2.75) is 70.4 Å². The van der Waals surface area contributed by atoms with Crippen LogP contribution in [0.4, 0.5) is 0 Å². The van der Waals surface area contributed by atoms with E-state index in [1.54, 1.807) is 0 Å². The summed E-state index contributed by atoms with van der Waals surface area (Å²) >= 11 is 0. The van der Waals surface area contributed by atoms with Crippen molar-refractivity contribution in [1.29, 1.82) is 0 Å². The standard InChI is InChI=1S/C14H27NO/c1-2-15-14(12-8-4-3-5-9-12)13-10-6-7-11-16-13/h12-15H,2-11H2,1H3. The Bertz CT molecular complexity index is 165. The Morgan fingerprint density at radius 3 is 2.44 bits per heavy atom. The van der Waals surface area contributed by atoms with Crippen LogP contribution in [-0.4, -0.2) is 25.3 Å². The van der Waals surface area contributed by atoms with Crippen LogP contribution in [0.3, 0.4) is 0 Å². The van der Waals surface area contributed by atoms with Crippen molar-refractivity contribution in [2.75, 3.05) is 13.2 Å². The quantitative estimate of drug-likeness (QED) is 0.794. The largest absolute Gasteiger partial charge is 0.377 e. The third-order valence-corrected chi connectivity index (χ3v) is 4.21. The van der Waals surface area contributed by atoms with Crippen molar-refractivity contribution in [3.63, 3.8) is 0 Å². The maximum absolute atomic E-state index is 5.98. The minimum Gasteiger partial charge on any atom is -0.377 e. The second-order valence-corrected chi connectivity index (χ2v) is 5.39. The highest BCUT2D eigenvalue weighted by Crippen LogP contribution is 2.31. The Balaban J connectivity index is 1.91. The van der Waals surface area contributed by atoms with Gasteiger partial charge in [-0.3, -0.25) is 0 Å². The van der Waals surface area contributed by atoms with E-state index >= 15 is 0 Å². The van der Waals surface area contributed by atoms with Crippen molar-refractivity contribution >= 4 is 0 Å². The van der Waals surface area contributed by atoms with E-state index in [1.807, 2.05) is 0 Å². The van der Waals surface area contributed by atoms with Crippen LogP contribution in [0.2, 0.25) is 0 Å². The predicted octanol–water partition coefficient (Wildman–Crippen LogP) is 3.11. The van der Waals surface area contributed by atoms with Gasteiger partial charge in [-0.05, 0) is 44.6 Å². The van der Waals surface area contributed by atoms with E-state index in [-0.39, 0.29) is 0 Å². The average molecular weight is 225 g/mol. The first-order valence-electron chi connectivity index (χ1n) is 7.27. The molecule has 0 aromatic rings. The molecule has 0 aromatic heterocycles. The van der Waals surface area contributed by atoms with Gasteiger partial charge in [-0.25, -0.2) is 0 Å². The monoisotopic (exact) mass is 225 g/mol. The van der Waals surface area contributed by atoms with Gasteiger partial charge in [-0.1, -0.05) is 26.2 Å². The highest BCUT2D eigenvalue weighted by Gasteiger charge is 2.31. The van der Waals surface area contributed by atoms with Gasteiger partial charge in [0.2, 0.25) is 0 Å². The van der Waals surface area contributed by atoms with Crippen molar-refractivity contribution < 1.29 is 4.74 Å². The van der Waals surface area contributed by atoms with Gasteiger partial charge >= 0.3 is 0 Å². The summed E-state index contributed by atoms with van der Waals surface area (Å²) < 4.78 is 5.98. The molecule has 0 amide bonds. The van der Waals surface area contributed by atoms with Gasteiger partial charge in [0.25, 0.3) is 0 Å². The first kappa shape index (κ1) is 12.4. The number of ether oxygens (including phenoxy) is 1. The second kappa shape index (κ2) is 6.61. The van der Waals surface area contributed by atoms with Gasteiger partial charge in [0, 0.05) is 12.6 Å². The number of rotatable bonds is 4. The zero-order chi connectivity index (χ0) is 11.2. The lowest BCUT2D eigenvalue weighted by molar-refractivity contribution is -0.0248. The molecule has 1 saturated heterocycles. The normalized spacial score (nSPS) is 30.2. The molecule has 1 aliphatic carbocycles. The highest BCUT2D eigenvalue weighted by molar-refractivity contribution is 4.86. The molecular formula is C14H27NO. The van der Waals surface area contributed by atoms with Gasteiger partial charge in [-0.15, -0.1) is 0 Å². The Hall–Kier alpha value is -0.0800. The first-order valence-corrected chi connectivity index (χ1v) is 7.27. The van der Waals surface area contributed by atoms with Crippen LogP contribution in [0, 0.1) is 5.92 Å². The third kappa shape index (κ3) is 3.21. The maximum atomic E-state index is 5.98. The van der Waals surface area contributed by atoms with E-state index < -0.39 is 0 Å². The zero-order valence-electron chi connectivity index (χ0n) is 10.7. The molecule has 2 unspecified atom stereocenters. The summed E-state index contributed by atoms with van der Waals surface area (Å²) in [6, 6.07) is 0.630. The van der Waals surface area contributed by atoms with Crippen molar-refractivity contribution in [3.05, 3.63) is 0 Å². The smallest absolute Gasteiger partial charge is 0.0730 e. The number of hydrogen-bond donors (Lipinski definition) is 1. The molecule has 2 heteroatoms. The molecule has 2 rings (SSSR count). The SMILES string of the molecule is CCNC(C1CCCCC1)C1CCCCO1. The van der Waals surface area contributed by atoms with Crippen molar-refractivity contribution in [2.24, 2.45) is 5.92 Å². The van der Waals surface area contributed by atoms with Crippen molar-refractivity contribution in [3.8, 4) is 0 Å². The number of hydrogen-bond acceptors (Lipinski definition) is 2. The average Bonchev–Trinajstić information content (AvgIpc) is 2.38.